The zero-order chi connectivity index (χ0) is 23.9. The summed E-state index contributed by atoms with van der Waals surface area (Å²) in [4.78, 5) is 31.9. The summed E-state index contributed by atoms with van der Waals surface area (Å²) in [6, 6.07) is 25.5. The first-order valence-corrected chi connectivity index (χ1v) is 11.5. The Balaban J connectivity index is 1.68. The molecular formula is C26H15N5O3S. The summed E-state index contributed by atoms with van der Waals surface area (Å²) < 4.78 is 0.447. The highest BCUT2D eigenvalue weighted by molar-refractivity contribution is 7.25. The van der Waals surface area contributed by atoms with Crippen molar-refractivity contribution in [1.82, 2.24) is 20.2 Å². The van der Waals surface area contributed by atoms with Crippen molar-refractivity contribution in [3.8, 4) is 33.8 Å². The van der Waals surface area contributed by atoms with E-state index in [2.05, 4.69) is 15.2 Å². The number of rotatable bonds is 4. The van der Waals surface area contributed by atoms with E-state index < -0.39 is 4.92 Å². The molecule has 6 rings (SSSR count). The molecule has 0 aliphatic heterocycles. The number of hydrogen-bond acceptors (Lipinski definition) is 7. The van der Waals surface area contributed by atoms with Crippen molar-refractivity contribution >= 4 is 37.5 Å². The van der Waals surface area contributed by atoms with E-state index in [1.54, 1.807) is 12.1 Å². The summed E-state index contributed by atoms with van der Waals surface area (Å²) in [6.45, 7) is 0. The van der Waals surface area contributed by atoms with Gasteiger partial charge in [0.25, 0.3) is 11.2 Å². The van der Waals surface area contributed by atoms with Crippen molar-refractivity contribution in [3.05, 3.63) is 105 Å². The fraction of sp³-hybridized carbons (Fsp3) is 0. The maximum Gasteiger partial charge on any atom is 0.269 e. The number of nitrogens with one attached hydrogen (secondary N) is 1. The second kappa shape index (κ2) is 8.23. The molecule has 9 heteroatoms. The Morgan fingerprint density at radius 1 is 0.800 bits per heavy atom. The number of non-ortho nitro benzene ring substituents is 1. The Hall–Kier alpha value is -4.76. The highest BCUT2D eigenvalue weighted by atomic mass is 32.1. The summed E-state index contributed by atoms with van der Waals surface area (Å²) in [6.07, 6.45) is 0. The van der Waals surface area contributed by atoms with Crippen LogP contribution < -0.4 is 5.56 Å². The zero-order valence-electron chi connectivity index (χ0n) is 18.0. The summed E-state index contributed by atoms with van der Waals surface area (Å²) in [5, 5.41) is 20.8. The average Bonchev–Trinajstić information content (AvgIpc) is 3.28. The molecule has 0 bridgehead atoms. The molecule has 0 saturated carbocycles. The third-order valence-electron chi connectivity index (χ3n) is 5.72. The van der Waals surface area contributed by atoms with Crippen LogP contribution in [0.1, 0.15) is 0 Å². The Bertz CT molecular complexity index is 1780. The molecule has 0 aliphatic rings. The number of thiophene rings is 1. The minimum Gasteiger partial charge on any atom is -0.305 e. The molecule has 35 heavy (non-hydrogen) atoms. The Morgan fingerprint density at radius 3 is 2.11 bits per heavy atom. The van der Waals surface area contributed by atoms with Gasteiger partial charge in [-0.3, -0.25) is 14.9 Å². The normalized spacial score (nSPS) is 11.2. The van der Waals surface area contributed by atoms with E-state index in [9.17, 15) is 14.9 Å². The molecule has 0 atom stereocenters. The van der Waals surface area contributed by atoms with Crippen molar-refractivity contribution in [2.24, 2.45) is 0 Å². The number of H-pyrrole nitrogens is 1. The fourth-order valence-electron chi connectivity index (χ4n) is 4.10. The third-order valence-corrected chi connectivity index (χ3v) is 6.78. The number of hydrogen-bond donors (Lipinski definition) is 1. The molecule has 0 unspecified atom stereocenters. The van der Waals surface area contributed by atoms with Gasteiger partial charge in [-0.2, -0.15) is 0 Å². The van der Waals surface area contributed by atoms with Gasteiger partial charge in [0.15, 0.2) is 0 Å². The smallest absolute Gasteiger partial charge is 0.269 e. The maximum absolute atomic E-state index is 13.1. The topological polar surface area (TPSA) is 115 Å². The standard InChI is InChI=1S/C26H15N5O3S/c32-25-23-22(27-24(28-25)17-11-13-18(14-12-17)31(33)34)20-19(15-7-3-1-4-8-15)21(29-30-26(20)35-23)16-9-5-2-6-10-16/h1-14H,(H,27,28,32). The van der Waals surface area contributed by atoms with Crippen LogP contribution in [0.3, 0.4) is 0 Å². The summed E-state index contributed by atoms with van der Waals surface area (Å²) in [5.41, 5.74) is 4.14. The molecule has 3 aromatic heterocycles. The van der Waals surface area contributed by atoms with Crippen LogP contribution in [0.15, 0.2) is 89.7 Å². The second-order valence-electron chi connectivity index (χ2n) is 7.83. The highest BCUT2D eigenvalue weighted by Gasteiger charge is 2.22. The van der Waals surface area contributed by atoms with Crippen molar-refractivity contribution in [2.75, 3.05) is 0 Å². The molecule has 3 heterocycles. The van der Waals surface area contributed by atoms with Crippen molar-refractivity contribution in [1.29, 1.82) is 0 Å². The van der Waals surface area contributed by atoms with Crippen LogP contribution in [-0.2, 0) is 0 Å². The lowest BCUT2D eigenvalue weighted by Crippen LogP contribution is -2.07. The highest BCUT2D eigenvalue weighted by Crippen LogP contribution is 2.41. The van der Waals surface area contributed by atoms with Gasteiger partial charge in [-0.05, 0) is 17.7 Å². The molecule has 3 aromatic carbocycles. The van der Waals surface area contributed by atoms with Crippen LogP contribution in [0.5, 0.6) is 0 Å². The SMILES string of the molecule is O=c1[nH]c(-c2ccc([N+](=O)[O-])cc2)nc2c1sc1nnc(-c3ccccc3)c(-c3ccccc3)c12. The number of fused-ring (bicyclic) bond motifs is 3. The molecule has 0 amide bonds. The van der Waals surface area contributed by atoms with Crippen LogP contribution in [-0.4, -0.2) is 25.1 Å². The van der Waals surface area contributed by atoms with E-state index in [-0.39, 0.29) is 11.2 Å². The number of nitro benzene ring substituents is 1. The van der Waals surface area contributed by atoms with Gasteiger partial charge in [-0.25, -0.2) is 4.98 Å². The van der Waals surface area contributed by atoms with Crippen LogP contribution in [0.2, 0.25) is 0 Å². The van der Waals surface area contributed by atoms with Crippen LogP contribution >= 0.6 is 11.3 Å². The zero-order valence-corrected chi connectivity index (χ0v) is 18.8. The monoisotopic (exact) mass is 477 g/mol. The predicted octanol–water partition coefficient (Wildman–Crippen LogP) is 5.84. The number of benzene rings is 3. The number of nitro groups is 1. The Morgan fingerprint density at radius 2 is 1.46 bits per heavy atom. The van der Waals surface area contributed by atoms with Gasteiger partial charge >= 0.3 is 0 Å². The van der Waals surface area contributed by atoms with Gasteiger partial charge < -0.3 is 4.98 Å². The van der Waals surface area contributed by atoms with E-state index in [1.165, 1.54) is 23.5 Å². The van der Waals surface area contributed by atoms with Gasteiger partial charge in [0.2, 0.25) is 0 Å². The van der Waals surface area contributed by atoms with Gasteiger partial charge in [-0.1, -0.05) is 60.7 Å². The largest absolute Gasteiger partial charge is 0.305 e. The first kappa shape index (κ1) is 20.8. The van der Waals surface area contributed by atoms with E-state index in [4.69, 9.17) is 4.98 Å². The first-order valence-electron chi connectivity index (χ1n) is 10.7. The van der Waals surface area contributed by atoms with Crippen molar-refractivity contribution < 1.29 is 4.92 Å². The average molecular weight is 478 g/mol. The van der Waals surface area contributed by atoms with Crippen molar-refractivity contribution in [2.45, 2.75) is 0 Å². The van der Waals surface area contributed by atoms with Gasteiger partial charge in [0.1, 0.15) is 21.0 Å². The number of aromatic nitrogens is 4. The third kappa shape index (κ3) is 3.54. The summed E-state index contributed by atoms with van der Waals surface area (Å²) in [5.74, 6) is 0.328. The van der Waals surface area contributed by atoms with E-state index in [0.717, 1.165) is 22.1 Å². The molecule has 168 valence electrons. The quantitative estimate of drug-likeness (QED) is 0.252. The molecular weight excluding hydrogens is 462 g/mol. The molecule has 0 aliphatic carbocycles. The van der Waals surface area contributed by atoms with Gasteiger partial charge in [0, 0.05) is 34.2 Å². The van der Waals surface area contributed by atoms with Gasteiger partial charge in [0.05, 0.1) is 10.4 Å². The second-order valence-corrected chi connectivity index (χ2v) is 8.83. The molecule has 1 N–H and O–H groups in total. The predicted molar refractivity (Wildman–Crippen MR) is 136 cm³/mol. The maximum atomic E-state index is 13.1. The first-order chi connectivity index (χ1) is 17.1. The Kier molecular flexibility index (Phi) is 4.89. The minimum atomic E-state index is -0.467. The van der Waals surface area contributed by atoms with Gasteiger partial charge in [-0.15, -0.1) is 21.5 Å². The van der Waals surface area contributed by atoms with Crippen molar-refractivity contribution in [3.63, 3.8) is 0 Å². The van der Waals surface area contributed by atoms with E-state index in [0.29, 0.717) is 32.1 Å². The van der Waals surface area contributed by atoms with Crippen LogP contribution in [0, 0.1) is 10.1 Å². The molecule has 0 fully saturated rings. The van der Waals surface area contributed by atoms with Crippen LogP contribution in [0.25, 0.3) is 54.2 Å². The molecule has 0 radical (unpaired) electrons. The van der Waals surface area contributed by atoms with E-state index >= 15 is 0 Å². The lowest BCUT2D eigenvalue weighted by Gasteiger charge is -2.10. The lowest BCUT2D eigenvalue weighted by atomic mass is 9.97. The lowest BCUT2D eigenvalue weighted by molar-refractivity contribution is -0.384. The molecule has 8 nitrogen and oxygen atoms in total. The van der Waals surface area contributed by atoms with E-state index in [1.807, 2.05) is 60.7 Å². The number of aromatic amines is 1. The Labute approximate surface area is 201 Å². The summed E-state index contributed by atoms with van der Waals surface area (Å²) >= 11 is 1.24. The van der Waals surface area contributed by atoms with Crippen LogP contribution in [0.4, 0.5) is 5.69 Å². The molecule has 0 saturated heterocycles. The fourth-order valence-corrected chi connectivity index (χ4v) is 5.06. The molecule has 6 aromatic rings. The minimum absolute atomic E-state index is 0.0349. The number of nitrogens with zero attached hydrogens (tertiary/aromatic N) is 4. The summed E-state index contributed by atoms with van der Waals surface area (Å²) in [7, 11) is 0. The molecule has 0 spiro atoms.